The number of ether oxygens (including phenoxy) is 1. The van der Waals surface area contributed by atoms with Crippen LogP contribution in [0.25, 0.3) is 10.9 Å². The number of hydrogen-bond acceptors (Lipinski definition) is 2. The van der Waals surface area contributed by atoms with Crippen molar-refractivity contribution >= 4 is 16.7 Å². The van der Waals surface area contributed by atoms with Gasteiger partial charge in [0.15, 0.2) is 0 Å². The van der Waals surface area contributed by atoms with Gasteiger partial charge in [0.25, 0.3) is 5.82 Å². The third-order valence-corrected chi connectivity index (χ3v) is 4.56. The van der Waals surface area contributed by atoms with Crippen LogP contribution in [0, 0.1) is 0 Å². The molecule has 4 nitrogen and oxygen atoms in total. The fourth-order valence-corrected chi connectivity index (χ4v) is 3.15. The molecule has 4 aromatic rings. The highest BCUT2D eigenvalue weighted by Crippen LogP contribution is 2.19. The number of hydrogen-bond donors (Lipinski definition) is 2. The average molecular weight is 358 g/mol. The monoisotopic (exact) mass is 358 g/mol. The van der Waals surface area contributed by atoms with Crippen LogP contribution in [0.4, 0.5) is 5.82 Å². The maximum atomic E-state index is 5.88. The Hall–Kier alpha value is -3.27. The fourth-order valence-electron chi connectivity index (χ4n) is 3.15. The molecule has 4 heteroatoms. The molecule has 0 spiro atoms. The van der Waals surface area contributed by atoms with Crippen LogP contribution in [0.5, 0.6) is 5.75 Å². The largest absolute Gasteiger partial charge is 0.493 e. The first-order valence-corrected chi connectivity index (χ1v) is 9.35. The minimum atomic E-state index is 0.685. The lowest BCUT2D eigenvalue weighted by Crippen LogP contribution is -2.37. The van der Waals surface area contributed by atoms with E-state index >= 15 is 0 Å². The topological polar surface area (TPSA) is 40.9 Å². The first kappa shape index (κ1) is 17.2. The molecular weight excluding hydrogens is 334 g/mol. The molecular formula is C23H24N3O+. The fraction of sp³-hybridized carbons (Fsp3) is 0.174. The smallest absolute Gasteiger partial charge is 0.274 e. The maximum absolute atomic E-state index is 5.88. The zero-order valence-corrected chi connectivity index (χ0v) is 15.3. The quantitative estimate of drug-likeness (QED) is 0.362. The Labute approximate surface area is 159 Å². The first-order valence-electron chi connectivity index (χ1n) is 9.35. The van der Waals surface area contributed by atoms with E-state index in [4.69, 9.17) is 4.74 Å². The molecule has 136 valence electrons. The highest BCUT2D eigenvalue weighted by Gasteiger charge is 2.08. The van der Waals surface area contributed by atoms with Gasteiger partial charge in [0.05, 0.1) is 19.3 Å². The van der Waals surface area contributed by atoms with Gasteiger partial charge in [-0.1, -0.05) is 36.4 Å². The van der Waals surface area contributed by atoms with Crippen molar-refractivity contribution in [3.63, 3.8) is 0 Å². The molecule has 2 N–H and O–H groups in total. The van der Waals surface area contributed by atoms with E-state index in [0.29, 0.717) is 6.61 Å². The molecule has 0 saturated carbocycles. The summed E-state index contributed by atoms with van der Waals surface area (Å²) in [7, 11) is 0. The summed E-state index contributed by atoms with van der Waals surface area (Å²) < 4.78 is 8.11. The summed E-state index contributed by atoms with van der Waals surface area (Å²) in [5.41, 5.74) is 2.40. The van der Waals surface area contributed by atoms with Crippen LogP contribution in [0.15, 0.2) is 85.2 Å². The van der Waals surface area contributed by atoms with Gasteiger partial charge in [-0.2, -0.15) is 0 Å². The number of nitrogens with zero attached hydrogens (tertiary/aromatic N) is 1. The van der Waals surface area contributed by atoms with Crippen molar-refractivity contribution in [3.05, 3.63) is 90.8 Å². The van der Waals surface area contributed by atoms with Crippen LogP contribution in [0.1, 0.15) is 12.0 Å². The first-order chi connectivity index (χ1) is 13.4. The van der Waals surface area contributed by atoms with Crippen molar-refractivity contribution in [1.29, 1.82) is 0 Å². The lowest BCUT2D eigenvalue weighted by molar-refractivity contribution is -0.674. The van der Waals surface area contributed by atoms with E-state index in [0.717, 1.165) is 36.6 Å². The van der Waals surface area contributed by atoms with Crippen molar-refractivity contribution in [2.24, 2.45) is 0 Å². The number of benzene rings is 2. The van der Waals surface area contributed by atoms with Crippen LogP contribution >= 0.6 is 0 Å². The number of rotatable bonds is 8. The third kappa shape index (κ3) is 4.47. The molecule has 0 bridgehead atoms. The predicted octanol–water partition coefficient (Wildman–Crippen LogP) is 4.38. The molecule has 0 saturated heterocycles. The van der Waals surface area contributed by atoms with Crippen molar-refractivity contribution in [2.75, 3.05) is 18.5 Å². The molecule has 2 aromatic heterocycles. The van der Waals surface area contributed by atoms with Gasteiger partial charge in [0, 0.05) is 30.3 Å². The second-order valence-corrected chi connectivity index (χ2v) is 6.55. The standard InChI is InChI=1S/C23H23N3O/c1-2-7-19(8-3-1)18-26-15-5-4-9-23(26)25-13-6-16-27-21-11-10-20-12-14-24-22(20)17-21/h1-5,7-12,14-15,17,24H,6,13,16,18H2/p+1. The van der Waals surface area contributed by atoms with Gasteiger partial charge in [-0.15, -0.1) is 0 Å². The highest BCUT2D eigenvalue weighted by molar-refractivity contribution is 5.80. The van der Waals surface area contributed by atoms with Crippen molar-refractivity contribution in [1.82, 2.24) is 4.98 Å². The summed E-state index contributed by atoms with van der Waals surface area (Å²) in [6.45, 7) is 2.41. The molecule has 0 unspecified atom stereocenters. The Morgan fingerprint density at radius 3 is 2.74 bits per heavy atom. The Bertz CT molecular complexity index is 995. The summed E-state index contributed by atoms with van der Waals surface area (Å²) >= 11 is 0. The molecule has 0 amide bonds. The highest BCUT2D eigenvalue weighted by atomic mass is 16.5. The number of aromatic amines is 1. The Kier molecular flexibility index (Phi) is 5.34. The van der Waals surface area contributed by atoms with Crippen molar-refractivity contribution in [2.45, 2.75) is 13.0 Å². The number of aromatic nitrogens is 2. The minimum Gasteiger partial charge on any atom is -0.493 e. The van der Waals surface area contributed by atoms with Crippen LogP contribution in [0.2, 0.25) is 0 Å². The van der Waals surface area contributed by atoms with Gasteiger partial charge < -0.3 is 9.72 Å². The number of H-pyrrole nitrogens is 1. The normalized spacial score (nSPS) is 10.8. The van der Waals surface area contributed by atoms with E-state index in [-0.39, 0.29) is 0 Å². The van der Waals surface area contributed by atoms with E-state index in [2.05, 4.69) is 75.7 Å². The van der Waals surface area contributed by atoms with E-state index in [9.17, 15) is 0 Å². The number of fused-ring (bicyclic) bond motifs is 1. The Balaban J connectivity index is 1.27. The molecule has 0 atom stereocenters. The molecule has 2 heterocycles. The van der Waals surface area contributed by atoms with Gasteiger partial charge in [0.2, 0.25) is 0 Å². The van der Waals surface area contributed by atoms with Gasteiger partial charge in [-0.05, 0) is 35.2 Å². The van der Waals surface area contributed by atoms with Crippen molar-refractivity contribution in [3.8, 4) is 5.75 Å². The third-order valence-electron chi connectivity index (χ3n) is 4.56. The summed E-state index contributed by atoms with van der Waals surface area (Å²) in [6.07, 6.45) is 4.99. The van der Waals surface area contributed by atoms with Gasteiger partial charge in [-0.3, -0.25) is 5.32 Å². The number of pyridine rings is 1. The molecule has 0 aliphatic rings. The second-order valence-electron chi connectivity index (χ2n) is 6.55. The summed E-state index contributed by atoms with van der Waals surface area (Å²) in [6, 6.07) is 25.0. The maximum Gasteiger partial charge on any atom is 0.274 e. The van der Waals surface area contributed by atoms with Crippen LogP contribution in [-0.4, -0.2) is 18.1 Å². The zero-order valence-electron chi connectivity index (χ0n) is 15.3. The molecule has 27 heavy (non-hydrogen) atoms. The zero-order chi connectivity index (χ0) is 18.3. The lowest BCUT2D eigenvalue weighted by Gasteiger charge is -2.08. The average Bonchev–Trinajstić information content (AvgIpc) is 3.18. The van der Waals surface area contributed by atoms with Crippen LogP contribution in [0.3, 0.4) is 0 Å². The van der Waals surface area contributed by atoms with E-state index in [1.54, 1.807) is 0 Å². The summed E-state index contributed by atoms with van der Waals surface area (Å²) in [5.74, 6) is 2.03. The Morgan fingerprint density at radius 2 is 1.81 bits per heavy atom. The van der Waals surface area contributed by atoms with E-state index in [1.807, 2.05) is 24.4 Å². The summed E-state index contributed by atoms with van der Waals surface area (Å²) in [4.78, 5) is 3.21. The SMILES string of the molecule is c1ccc(C[n+]2ccccc2NCCCOc2ccc3cc[nH]c3c2)cc1. The minimum absolute atomic E-state index is 0.685. The van der Waals surface area contributed by atoms with Gasteiger partial charge in [0.1, 0.15) is 12.3 Å². The van der Waals surface area contributed by atoms with E-state index < -0.39 is 0 Å². The Morgan fingerprint density at radius 1 is 0.926 bits per heavy atom. The lowest BCUT2D eigenvalue weighted by atomic mass is 10.2. The van der Waals surface area contributed by atoms with Gasteiger partial charge >= 0.3 is 0 Å². The molecule has 0 aliphatic heterocycles. The van der Waals surface area contributed by atoms with Gasteiger partial charge in [-0.25, -0.2) is 4.57 Å². The van der Waals surface area contributed by atoms with E-state index in [1.165, 1.54) is 10.9 Å². The molecule has 0 radical (unpaired) electrons. The predicted molar refractivity (Wildman–Crippen MR) is 109 cm³/mol. The molecule has 0 aliphatic carbocycles. The number of anilines is 1. The van der Waals surface area contributed by atoms with Crippen molar-refractivity contribution < 1.29 is 9.30 Å². The van der Waals surface area contributed by atoms with Crippen LogP contribution < -0.4 is 14.6 Å². The molecule has 4 rings (SSSR count). The second kappa shape index (κ2) is 8.41. The molecule has 0 fully saturated rings. The number of nitrogens with one attached hydrogen (secondary N) is 2. The molecule has 2 aromatic carbocycles. The van der Waals surface area contributed by atoms with Crippen LogP contribution in [-0.2, 0) is 6.54 Å². The summed E-state index contributed by atoms with van der Waals surface area (Å²) in [5, 5.41) is 4.73.